The van der Waals surface area contributed by atoms with Gasteiger partial charge in [0, 0.05) is 18.6 Å². The number of nitrogens with zero attached hydrogens (tertiary/aromatic N) is 5. The van der Waals surface area contributed by atoms with Gasteiger partial charge in [-0.3, -0.25) is 0 Å². The van der Waals surface area contributed by atoms with Crippen molar-refractivity contribution in [1.82, 2.24) is 24.7 Å². The van der Waals surface area contributed by atoms with Gasteiger partial charge in [-0.1, -0.05) is 0 Å². The molecule has 6 nitrogen and oxygen atoms in total. The zero-order valence-corrected chi connectivity index (χ0v) is 11.1. The molecule has 3 rings (SSSR count). The second-order valence-corrected chi connectivity index (χ2v) is 4.30. The average Bonchev–Trinajstić information content (AvgIpc) is 3.00. The van der Waals surface area contributed by atoms with Crippen LogP contribution in [0.25, 0.3) is 5.82 Å². The number of aryl methyl sites for hydroxylation is 1. The minimum Gasteiger partial charge on any atom is -0.378 e. The summed E-state index contributed by atoms with van der Waals surface area (Å²) >= 11 is 0. The zero-order valence-electron chi connectivity index (χ0n) is 11.1. The van der Waals surface area contributed by atoms with Gasteiger partial charge < -0.3 is 5.32 Å². The molecule has 0 amide bonds. The van der Waals surface area contributed by atoms with E-state index in [1.54, 1.807) is 23.3 Å². The number of hydrogen-bond donors (Lipinski definition) is 1. The first-order chi connectivity index (χ1) is 9.81. The van der Waals surface area contributed by atoms with Crippen LogP contribution < -0.4 is 5.32 Å². The molecule has 6 heteroatoms. The molecule has 3 aromatic heterocycles. The van der Waals surface area contributed by atoms with Crippen LogP contribution in [0.4, 0.5) is 5.69 Å². The van der Waals surface area contributed by atoms with Crippen molar-refractivity contribution >= 4 is 5.69 Å². The summed E-state index contributed by atoms with van der Waals surface area (Å²) in [7, 11) is 0. The standard InChI is InChI=1S/C14H14N6/c1-11-15-7-5-13(19-11)10-16-12-3-4-14(17-9-12)20-8-2-6-18-20/h2-9,16H,10H2,1H3. The van der Waals surface area contributed by atoms with Crippen molar-refractivity contribution in [3.8, 4) is 5.82 Å². The van der Waals surface area contributed by atoms with Gasteiger partial charge in [0.25, 0.3) is 0 Å². The van der Waals surface area contributed by atoms with E-state index in [0.717, 1.165) is 23.0 Å². The number of aromatic nitrogens is 5. The summed E-state index contributed by atoms with van der Waals surface area (Å²) in [5, 5.41) is 7.41. The number of pyridine rings is 1. The van der Waals surface area contributed by atoms with Crippen molar-refractivity contribution < 1.29 is 0 Å². The summed E-state index contributed by atoms with van der Waals surface area (Å²) in [6.07, 6.45) is 7.13. The predicted molar refractivity (Wildman–Crippen MR) is 75.5 cm³/mol. The molecule has 0 saturated heterocycles. The van der Waals surface area contributed by atoms with Gasteiger partial charge >= 0.3 is 0 Å². The van der Waals surface area contributed by atoms with Gasteiger partial charge in [0.1, 0.15) is 5.82 Å². The molecular formula is C14H14N6. The zero-order chi connectivity index (χ0) is 13.8. The third-order valence-electron chi connectivity index (χ3n) is 2.79. The third-order valence-corrected chi connectivity index (χ3v) is 2.79. The Morgan fingerprint density at radius 1 is 1.15 bits per heavy atom. The molecule has 0 spiro atoms. The van der Waals surface area contributed by atoms with E-state index in [2.05, 4.69) is 25.4 Å². The fourth-order valence-electron chi connectivity index (χ4n) is 1.83. The van der Waals surface area contributed by atoms with E-state index in [1.165, 1.54) is 0 Å². The monoisotopic (exact) mass is 266 g/mol. The highest BCUT2D eigenvalue weighted by Crippen LogP contribution is 2.10. The Hall–Kier alpha value is -2.76. The molecule has 0 aliphatic heterocycles. The SMILES string of the molecule is Cc1nccc(CNc2ccc(-n3cccn3)nc2)n1. The maximum absolute atomic E-state index is 4.36. The van der Waals surface area contributed by atoms with Gasteiger partial charge in [0.05, 0.1) is 24.1 Å². The second kappa shape index (κ2) is 5.48. The summed E-state index contributed by atoms with van der Waals surface area (Å²) in [5.74, 6) is 1.56. The first-order valence-electron chi connectivity index (χ1n) is 6.30. The van der Waals surface area contributed by atoms with E-state index in [-0.39, 0.29) is 0 Å². The molecule has 0 unspecified atom stereocenters. The minimum atomic E-state index is 0.645. The largest absolute Gasteiger partial charge is 0.378 e. The summed E-state index contributed by atoms with van der Waals surface area (Å²) in [4.78, 5) is 12.8. The Labute approximate surface area is 116 Å². The Bertz CT molecular complexity index is 675. The van der Waals surface area contributed by atoms with E-state index in [4.69, 9.17) is 0 Å². The van der Waals surface area contributed by atoms with E-state index in [9.17, 15) is 0 Å². The summed E-state index contributed by atoms with van der Waals surface area (Å²) < 4.78 is 1.72. The molecule has 0 aliphatic carbocycles. The van der Waals surface area contributed by atoms with E-state index in [1.807, 2.05) is 37.4 Å². The maximum Gasteiger partial charge on any atom is 0.153 e. The fourth-order valence-corrected chi connectivity index (χ4v) is 1.83. The molecule has 100 valence electrons. The first-order valence-corrected chi connectivity index (χ1v) is 6.30. The number of rotatable bonds is 4. The lowest BCUT2D eigenvalue weighted by Crippen LogP contribution is -2.04. The molecule has 0 atom stereocenters. The van der Waals surface area contributed by atoms with Crippen molar-refractivity contribution in [2.24, 2.45) is 0 Å². The predicted octanol–water partition coefficient (Wildman–Crippen LogP) is 1.98. The number of hydrogen-bond acceptors (Lipinski definition) is 5. The van der Waals surface area contributed by atoms with E-state index >= 15 is 0 Å². The lowest BCUT2D eigenvalue weighted by atomic mass is 10.3. The molecule has 20 heavy (non-hydrogen) atoms. The van der Waals surface area contributed by atoms with Gasteiger partial charge in [-0.05, 0) is 31.2 Å². The molecule has 0 radical (unpaired) electrons. The Balaban J connectivity index is 1.67. The van der Waals surface area contributed by atoms with Crippen LogP contribution in [-0.4, -0.2) is 24.7 Å². The Morgan fingerprint density at radius 3 is 2.80 bits per heavy atom. The van der Waals surface area contributed by atoms with Crippen LogP contribution >= 0.6 is 0 Å². The Morgan fingerprint density at radius 2 is 2.10 bits per heavy atom. The van der Waals surface area contributed by atoms with Crippen molar-refractivity contribution in [3.63, 3.8) is 0 Å². The van der Waals surface area contributed by atoms with Crippen LogP contribution in [0.15, 0.2) is 49.1 Å². The van der Waals surface area contributed by atoms with E-state index in [0.29, 0.717) is 6.54 Å². The highest BCUT2D eigenvalue weighted by atomic mass is 15.3. The lowest BCUT2D eigenvalue weighted by molar-refractivity contribution is 0.846. The number of nitrogens with one attached hydrogen (secondary N) is 1. The molecule has 0 aromatic carbocycles. The van der Waals surface area contributed by atoms with Crippen molar-refractivity contribution in [2.75, 3.05) is 5.32 Å². The number of anilines is 1. The highest BCUT2D eigenvalue weighted by molar-refractivity contribution is 5.43. The normalized spacial score (nSPS) is 10.4. The molecule has 0 bridgehead atoms. The first kappa shape index (κ1) is 12.3. The Kier molecular flexibility index (Phi) is 3.36. The van der Waals surface area contributed by atoms with Gasteiger partial charge in [-0.15, -0.1) is 0 Å². The molecule has 0 saturated carbocycles. The summed E-state index contributed by atoms with van der Waals surface area (Å²) in [5.41, 5.74) is 1.89. The minimum absolute atomic E-state index is 0.645. The van der Waals surface area contributed by atoms with Crippen LogP contribution in [0.2, 0.25) is 0 Å². The topological polar surface area (TPSA) is 68.5 Å². The average molecular weight is 266 g/mol. The summed E-state index contributed by atoms with van der Waals surface area (Å²) in [6, 6.07) is 7.65. The van der Waals surface area contributed by atoms with Crippen molar-refractivity contribution in [1.29, 1.82) is 0 Å². The maximum atomic E-state index is 4.36. The van der Waals surface area contributed by atoms with E-state index < -0.39 is 0 Å². The fraction of sp³-hybridized carbons (Fsp3) is 0.143. The molecule has 1 N–H and O–H groups in total. The van der Waals surface area contributed by atoms with Gasteiger partial charge in [0.15, 0.2) is 5.82 Å². The molecular weight excluding hydrogens is 252 g/mol. The van der Waals surface area contributed by atoms with Crippen LogP contribution in [0, 0.1) is 6.92 Å². The van der Waals surface area contributed by atoms with Crippen LogP contribution in [-0.2, 0) is 6.54 Å². The molecule has 0 fully saturated rings. The van der Waals surface area contributed by atoms with Crippen LogP contribution in [0.5, 0.6) is 0 Å². The van der Waals surface area contributed by atoms with Gasteiger partial charge in [0.2, 0.25) is 0 Å². The summed E-state index contributed by atoms with van der Waals surface area (Å²) in [6.45, 7) is 2.52. The van der Waals surface area contributed by atoms with Crippen LogP contribution in [0.3, 0.4) is 0 Å². The van der Waals surface area contributed by atoms with Crippen molar-refractivity contribution in [3.05, 3.63) is 60.6 Å². The smallest absolute Gasteiger partial charge is 0.153 e. The van der Waals surface area contributed by atoms with Gasteiger partial charge in [-0.2, -0.15) is 5.10 Å². The second-order valence-electron chi connectivity index (χ2n) is 4.30. The quantitative estimate of drug-likeness (QED) is 0.782. The molecule has 0 aliphatic rings. The third kappa shape index (κ3) is 2.80. The lowest BCUT2D eigenvalue weighted by Gasteiger charge is -2.07. The molecule has 3 heterocycles. The van der Waals surface area contributed by atoms with Crippen LogP contribution in [0.1, 0.15) is 11.5 Å². The van der Waals surface area contributed by atoms with Crippen molar-refractivity contribution in [2.45, 2.75) is 13.5 Å². The molecule has 3 aromatic rings. The highest BCUT2D eigenvalue weighted by Gasteiger charge is 1.99. The van der Waals surface area contributed by atoms with Gasteiger partial charge in [-0.25, -0.2) is 19.6 Å².